The largest absolute Gasteiger partial charge is 0.465 e. The molecule has 1 N–H and O–H groups in total. The highest BCUT2D eigenvalue weighted by molar-refractivity contribution is 5.89. The summed E-state index contributed by atoms with van der Waals surface area (Å²) >= 11 is 0. The van der Waals surface area contributed by atoms with Gasteiger partial charge < -0.3 is 9.84 Å². The first-order valence-corrected chi connectivity index (χ1v) is 9.56. The molecular weight excluding hydrogens is 324 g/mol. The topological polar surface area (TPSA) is 46.5 Å². The summed E-state index contributed by atoms with van der Waals surface area (Å²) in [5.74, 6) is 0.217. The van der Waals surface area contributed by atoms with E-state index in [-0.39, 0.29) is 17.5 Å². The first kappa shape index (κ1) is 17.3. The molecule has 1 unspecified atom stereocenters. The van der Waals surface area contributed by atoms with Gasteiger partial charge in [-0.1, -0.05) is 36.4 Å². The summed E-state index contributed by atoms with van der Waals surface area (Å²) in [5.41, 5.74) is 4.69. The van der Waals surface area contributed by atoms with Gasteiger partial charge in [0.15, 0.2) is 0 Å². The summed E-state index contributed by atoms with van der Waals surface area (Å²) in [6.07, 6.45) is 5.58. The predicted molar refractivity (Wildman–Crippen MR) is 101 cm³/mol. The number of esters is 1. The zero-order valence-corrected chi connectivity index (χ0v) is 15.3. The van der Waals surface area contributed by atoms with Gasteiger partial charge in [0.25, 0.3) is 0 Å². The Hall–Kier alpha value is -2.13. The van der Waals surface area contributed by atoms with E-state index in [4.69, 9.17) is 4.74 Å². The third-order valence-corrected chi connectivity index (χ3v) is 6.45. The number of aliphatic hydroxyl groups is 1. The van der Waals surface area contributed by atoms with Crippen LogP contribution in [0.15, 0.2) is 48.5 Å². The molecule has 2 aromatic carbocycles. The summed E-state index contributed by atoms with van der Waals surface area (Å²) in [7, 11) is 1.43. The minimum absolute atomic E-state index is 0.0583. The zero-order chi connectivity index (χ0) is 18.1. The monoisotopic (exact) mass is 350 g/mol. The van der Waals surface area contributed by atoms with E-state index in [0.717, 1.165) is 38.5 Å². The van der Waals surface area contributed by atoms with Crippen molar-refractivity contribution in [2.45, 2.75) is 50.0 Å². The molecule has 136 valence electrons. The Kier molecular flexibility index (Phi) is 4.58. The second kappa shape index (κ2) is 6.88. The Morgan fingerprint density at radius 2 is 2.00 bits per heavy atom. The molecule has 0 bridgehead atoms. The minimum atomic E-state index is -0.272. The van der Waals surface area contributed by atoms with E-state index in [1.165, 1.54) is 23.8 Å². The van der Waals surface area contributed by atoms with Crippen molar-refractivity contribution in [2.75, 3.05) is 7.11 Å². The smallest absolute Gasteiger partial charge is 0.337 e. The predicted octanol–water partition coefficient (Wildman–Crippen LogP) is 4.06. The average molecular weight is 350 g/mol. The van der Waals surface area contributed by atoms with Crippen molar-refractivity contribution in [1.29, 1.82) is 0 Å². The average Bonchev–Trinajstić information content (AvgIpc) is 2.68. The van der Waals surface area contributed by atoms with Crippen LogP contribution in [0.3, 0.4) is 0 Å². The highest BCUT2D eigenvalue weighted by atomic mass is 16.5. The van der Waals surface area contributed by atoms with E-state index in [2.05, 4.69) is 36.4 Å². The molecule has 3 heteroatoms. The maximum Gasteiger partial charge on any atom is 0.337 e. The van der Waals surface area contributed by atoms with Gasteiger partial charge in [0.2, 0.25) is 0 Å². The van der Waals surface area contributed by atoms with Gasteiger partial charge in [-0.15, -0.1) is 0 Å². The molecule has 1 saturated carbocycles. The maximum absolute atomic E-state index is 11.9. The fourth-order valence-corrected chi connectivity index (χ4v) is 5.20. The Morgan fingerprint density at radius 3 is 2.77 bits per heavy atom. The third-order valence-electron chi connectivity index (χ3n) is 6.45. The molecule has 26 heavy (non-hydrogen) atoms. The number of benzene rings is 2. The van der Waals surface area contributed by atoms with Crippen molar-refractivity contribution in [2.24, 2.45) is 5.92 Å². The van der Waals surface area contributed by atoms with Crippen LogP contribution in [0.1, 0.15) is 52.7 Å². The van der Waals surface area contributed by atoms with Gasteiger partial charge in [-0.25, -0.2) is 4.79 Å². The molecule has 0 aromatic heterocycles. The van der Waals surface area contributed by atoms with Crippen LogP contribution in [0, 0.1) is 5.92 Å². The van der Waals surface area contributed by atoms with Crippen LogP contribution in [-0.4, -0.2) is 24.3 Å². The summed E-state index contributed by atoms with van der Waals surface area (Å²) in [6.45, 7) is 0. The van der Waals surface area contributed by atoms with E-state index in [1.807, 2.05) is 12.1 Å². The van der Waals surface area contributed by atoms with Crippen molar-refractivity contribution in [3.63, 3.8) is 0 Å². The maximum atomic E-state index is 11.9. The lowest BCUT2D eigenvalue weighted by Gasteiger charge is -2.50. The highest BCUT2D eigenvalue weighted by Crippen LogP contribution is 2.52. The molecule has 2 aliphatic rings. The van der Waals surface area contributed by atoms with Crippen molar-refractivity contribution >= 4 is 5.97 Å². The summed E-state index contributed by atoms with van der Waals surface area (Å²) in [4.78, 5) is 11.9. The first-order valence-electron chi connectivity index (χ1n) is 9.56. The Bertz CT molecular complexity index is 798. The van der Waals surface area contributed by atoms with Crippen LogP contribution in [0.4, 0.5) is 0 Å². The second-order valence-electron chi connectivity index (χ2n) is 7.85. The van der Waals surface area contributed by atoms with Crippen molar-refractivity contribution < 1.29 is 14.6 Å². The first-order chi connectivity index (χ1) is 12.6. The lowest BCUT2D eigenvalue weighted by atomic mass is 9.54. The summed E-state index contributed by atoms with van der Waals surface area (Å²) < 4.78 is 4.90. The number of fused-ring (bicyclic) bond motifs is 3. The highest BCUT2D eigenvalue weighted by Gasteiger charge is 2.47. The van der Waals surface area contributed by atoms with Gasteiger partial charge in [-0.05, 0) is 73.3 Å². The van der Waals surface area contributed by atoms with Crippen molar-refractivity contribution in [3.8, 4) is 0 Å². The van der Waals surface area contributed by atoms with Gasteiger partial charge in [-0.3, -0.25) is 0 Å². The Labute approximate surface area is 155 Å². The normalized spacial score (nSPS) is 27.3. The van der Waals surface area contributed by atoms with E-state index < -0.39 is 0 Å². The zero-order valence-electron chi connectivity index (χ0n) is 15.3. The second-order valence-corrected chi connectivity index (χ2v) is 7.85. The van der Waals surface area contributed by atoms with Crippen LogP contribution in [0.5, 0.6) is 0 Å². The van der Waals surface area contributed by atoms with E-state index in [9.17, 15) is 9.90 Å². The van der Waals surface area contributed by atoms with Gasteiger partial charge in [0, 0.05) is 5.41 Å². The van der Waals surface area contributed by atoms with Crippen LogP contribution in [0.25, 0.3) is 0 Å². The van der Waals surface area contributed by atoms with Gasteiger partial charge in [-0.2, -0.15) is 0 Å². The number of hydrogen-bond acceptors (Lipinski definition) is 3. The molecule has 4 rings (SSSR count). The lowest BCUT2D eigenvalue weighted by molar-refractivity contribution is 0.0405. The van der Waals surface area contributed by atoms with Crippen LogP contribution < -0.4 is 0 Å². The number of aliphatic hydroxyl groups excluding tert-OH is 1. The number of carbonyl (C=O) groups is 1. The minimum Gasteiger partial charge on any atom is -0.465 e. The summed E-state index contributed by atoms with van der Waals surface area (Å²) in [6, 6.07) is 16.7. The Morgan fingerprint density at radius 1 is 1.19 bits per heavy atom. The van der Waals surface area contributed by atoms with Crippen molar-refractivity contribution in [1.82, 2.24) is 0 Å². The molecule has 2 aromatic rings. The lowest BCUT2D eigenvalue weighted by Crippen LogP contribution is -2.46. The molecule has 0 heterocycles. The standard InChI is InChI=1S/C23H26O3/c1-26-22(25)18-8-10-21-17(13-18)7-9-19-14-20(24)11-12-23(19,21)15-16-5-3-2-4-6-16/h2-6,8,10,13,19-20,24H,7,9,11-12,14-15H2,1H3/t19?,20-,23+/m1/s1. The number of aryl methyl sites for hydroxylation is 1. The fraction of sp³-hybridized carbons (Fsp3) is 0.435. The quantitative estimate of drug-likeness (QED) is 0.849. The molecule has 2 aliphatic carbocycles. The molecule has 3 atom stereocenters. The van der Waals surface area contributed by atoms with Gasteiger partial charge in [0.05, 0.1) is 18.8 Å². The van der Waals surface area contributed by atoms with Crippen LogP contribution in [-0.2, 0) is 23.0 Å². The molecule has 0 amide bonds. The van der Waals surface area contributed by atoms with Gasteiger partial charge >= 0.3 is 5.97 Å². The number of hydrogen-bond donors (Lipinski definition) is 1. The molecule has 0 saturated heterocycles. The molecule has 3 nitrogen and oxygen atoms in total. The number of methoxy groups -OCH3 is 1. The molecule has 0 aliphatic heterocycles. The van der Waals surface area contributed by atoms with E-state index >= 15 is 0 Å². The summed E-state index contributed by atoms with van der Waals surface area (Å²) in [5, 5.41) is 10.3. The van der Waals surface area contributed by atoms with Crippen LogP contribution in [0.2, 0.25) is 0 Å². The number of rotatable bonds is 3. The fourth-order valence-electron chi connectivity index (χ4n) is 5.20. The van der Waals surface area contributed by atoms with Gasteiger partial charge in [0.1, 0.15) is 0 Å². The number of carbonyl (C=O) groups excluding carboxylic acids is 1. The van der Waals surface area contributed by atoms with E-state index in [0.29, 0.717) is 11.5 Å². The van der Waals surface area contributed by atoms with Crippen molar-refractivity contribution in [3.05, 3.63) is 70.8 Å². The van der Waals surface area contributed by atoms with Crippen LogP contribution >= 0.6 is 0 Å². The molecule has 0 radical (unpaired) electrons. The SMILES string of the molecule is COC(=O)c1ccc2c(c1)CCC1C[C@H](O)CC[C@@]21Cc1ccccc1. The molecular formula is C23H26O3. The third kappa shape index (κ3) is 2.95. The van der Waals surface area contributed by atoms with E-state index in [1.54, 1.807) is 0 Å². The Balaban J connectivity index is 1.78. The number of ether oxygens (including phenoxy) is 1. The molecule has 0 spiro atoms. The molecule has 1 fully saturated rings.